The first-order chi connectivity index (χ1) is 13.3. The number of para-hydroxylation sites is 1. The average molecular weight is 367 g/mol. The number of hydrogen-bond acceptors (Lipinski definition) is 8. The van der Waals surface area contributed by atoms with Crippen LogP contribution in [-0.2, 0) is 4.74 Å². The van der Waals surface area contributed by atoms with Gasteiger partial charge in [0.1, 0.15) is 24.9 Å². The fourth-order valence-electron chi connectivity index (χ4n) is 2.94. The highest BCUT2D eigenvalue weighted by molar-refractivity contribution is 5.93. The molecule has 1 aromatic heterocycles. The number of anilines is 2. The minimum absolute atomic E-state index is 0.162. The van der Waals surface area contributed by atoms with Crippen LogP contribution < -0.4 is 24.3 Å². The second-order valence-electron chi connectivity index (χ2n) is 6.17. The molecule has 8 nitrogen and oxygen atoms in total. The van der Waals surface area contributed by atoms with Gasteiger partial charge in [0.2, 0.25) is 6.79 Å². The zero-order valence-electron chi connectivity index (χ0n) is 14.6. The number of epoxide rings is 1. The summed E-state index contributed by atoms with van der Waals surface area (Å²) in [5, 5.41) is 4.11. The number of benzene rings is 2. The number of fused-ring (bicyclic) bond motifs is 2. The molecule has 1 N–H and O–H groups in total. The van der Waals surface area contributed by atoms with E-state index in [-0.39, 0.29) is 12.9 Å². The van der Waals surface area contributed by atoms with Crippen LogP contribution in [0, 0.1) is 0 Å². The second kappa shape index (κ2) is 6.48. The van der Waals surface area contributed by atoms with E-state index in [2.05, 4.69) is 15.3 Å². The van der Waals surface area contributed by atoms with Crippen LogP contribution in [0.5, 0.6) is 23.0 Å². The van der Waals surface area contributed by atoms with E-state index in [9.17, 15) is 0 Å². The number of rotatable bonds is 6. The molecule has 0 unspecified atom stereocenters. The number of nitrogens with one attached hydrogen (secondary N) is 1. The highest BCUT2D eigenvalue weighted by Crippen LogP contribution is 2.41. The molecule has 0 amide bonds. The predicted molar refractivity (Wildman–Crippen MR) is 97.2 cm³/mol. The molecule has 27 heavy (non-hydrogen) atoms. The molecule has 1 saturated heterocycles. The summed E-state index contributed by atoms with van der Waals surface area (Å²) >= 11 is 0. The Morgan fingerprint density at radius 3 is 2.96 bits per heavy atom. The maximum atomic E-state index is 5.81. The minimum Gasteiger partial charge on any atom is -0.493 e. The highest BCUT2D eigenvalue weighted by atomic mass is 16.7. The molecule has 5 rings (SSSR count). The Morgan fingerprint density at radius 1 is 1.19 bits per heavy atom. The summed E-state index contributed by atoms with van der Waals surface area (Å²) in [6.07, 6.45) is 1.67. The third kappa shape index (κ3) is 3.04. The first-order valence-electron chi connectivity index (χ1n) is 8.54. The lowest BCUT2D eigenvalue weighted by Gasteiger charge is -2.14. The van der Waals surface area contributed by atoms with Gasteiger partial charge in [-0.15, -0.1) is 0 Å². The fourth-order valence-corrected chi connectivity index (χ4v) is 2.94. The number of methoxy groups -OCH3 is 1. The zero-order chi connectivity index (χ0) is 18.2. The Labute approximate surface area is 155 Å². The van der Waals surface area contributed by atoms with Crippen molar-refractivity contribution in [1.82, 2.24) is 9.97 Å². The molecule has 0 aliphatic carbocycles. The highest BCUT2D eigenvalue weighted by Gasteiger charge is 2.24. The van der Waals surface area contributed by atoms with E-state index in [1.54, 1.807) is 7.11 Å². The fraction of sp³-hybridized carbons (Fsp3) is 0.263. The summed E-state index contributed by atoms with van der Waals surface area (Å²) < 4.78 is 27.5. The van der Waals surface area contributed by atoms with Gasteiger partial charge in [-0.2, -0.15) is 0 Å². The molecule has 3 aromatic rings. The molecule has 0 bridgehead atoms. The van der Waals surface area contributed by atoms with E-state index in [1.807, 2.05) is 30.3 Å². The molecule has 0 spiro atoms. The predicted octanol–water partition coefficient (Wildman–Crippen LogP) is 2.89. The van der Waals surface area contributed by atoms with E-state index in [4.69, 9.17) is 23.7 Å². The first kappa shape index (κ1) is 16.0. The van der Waals surface area contributed by atoms with Crippen LogP contribution in [0.2, 0.25) is 0 Å². The molecule has 8 heteroatoms. The van der Waals surface area contributed by atoms with Gasteiger partial charge < -0.3 is 29.0 Å². The molecule has 0 radical (unpaired) electrons. The monoisotopic (exact) mass is 367 g/mol. The van der Waals surface area contributed by atoms with E-state index in [1.165, 1.54) is 6.33 Å². The van der Waals surface area contributed by atoms with Crippen molar-refractivity contribution >= 4 is 22.4 Å². The summed E-state index contributed by atoms with van der Waals surface area (Å²) in [5.74, 6) is 3.25. The number of hydrogen-bond donors (Lipinski definition) is 1. The average Bonchev–Trinajstić information content (AvgIpc) is 3.40. The van der Waals surface area contributed by atoms with Crippen LogP contribution in [0.3, 0.4) is 0 Å². The largest absolute Gasteiger partial charge is 0.493 e. The van der Waals surface area contributed by atoms with Gasteiger partial charge >= 0.3 is 0 Å². The van der Waals surface area contributed by atoms with Crippen LogP contribution in [0.15, 0.2) is 36.7 Å². The molecule has 2 aromatic carbocycles. The van der Waals surface area contributed by atoms with Gasteiger partial charge in [-0.05, 0) is 18.2 Å². The van der Waals surface area contributed by atoms with Gasteiger partial charge in [0.15, 0.2) is 23.0 Å². The molecule has 3 heterocycles. The van der Waals surface area contributed by atoms with Crippen molar-refractivity contribution in [2.75, 3.05) is 32.4 Å². The van der Waals surface area contributed by atoms with Crippen molar-refractivity contribution in [3.63, 3.8) is 0 Å². The number of aromatic nitrogens is 2. The smallest absolute Gasteiger partial charge is 0.231 e. The second-order valence-corrected chi connectivity index (χ2v) is 6.17. The summed E-state index contributed by atoms with van der Waals surface area (Å²) in [6, 6.07) is 9.37. The Kier molecular flexibility index (Phi) is 3.83. The number of ether oxygens (including phenoxy) is 5. The van der Waals surface area contributed by atoms with Gasteiger partial charge in [-0.1, -0.05) is 6.07 Å². The van der Waals surface area contributed by atoms with Crippen LogP contribution >= 0.6 is 0 Å². The summed E-state index contributed by atoms with van der Waals surface area (Å²) in [5.41, 5.74) is 1.51. The Bertz CT molecular complexity index is 1010. The van der Waals surface area contributed by atoms with Crippen LogP contribution in [0.25, 0.3) is 10.9 Å². The Morgan fingerprint density at radius 2 is 2.11 bits per heavy atom. The van der Waals surface area contributed by atoms with Gasteiger partial charge in [0.05, 0.1) is 24.9 Å². The normalized spacial score (nSPS) is 17.0. The van der Waals surface area contributed by atoms with Gasteiger partial charge in [0.25, 0.3) is 0 Å². The van der Waals surface area contributed by atoms with Crippen molar-refractivity contribution in [3.05, 3.63) is 36.7 Å². The summed E-state index contributed by atoms with van der Waals surface area (Å²) in [6.45, 7) is 1.43. The lowest BCUT2D eigenvalue weighted by atomic mass is 10.2. The van der Waals surface area contributed by atoms with Crippen molar-refractivity contribution < 1.29 is 23.7 Å². The zero-order valence-corrected chi connectivity index (χ0v) is 14.6. The Balaban J connectivity index is 1.52. The molecule has 0 saturated carbocycles. The maximum Gasteiger partial charge on any atom is 0.231 e. The third-order valence-electron chi connectivity index (χ3n) is 4.40. The van der Waals surface area contributed by atoms with E-state index < -0.39 is 0 Å². The molecule has 138 valence electrons. The SMILES string of the molecule is COc1cc2c(Nc3cccc4c3OCO4)ncnc2cc1OC[C@H]1CO1. The van der Waals surface area contributed by atoms with E-state index >= 15 is 0 Å². The molecule has 1 fully saturated rings. The lowest BCUT2D eigenvalue weighted by molar-refractivity contribution is 0.174. The van der Waals surface area contributed by atoms with Crippen LogP contribution in [0.4, 0.5) is 11.5 Å². The molecule has 2 aliphatic rings. The standard InChI is InChI=1S/C19H17N3O5/c1-23-16-5-12-14(6-17(16)25-8-11-7-24-11)20-9-21-19(12)22-13-3-2-4-15-18(13)27-10-26-15/h2-6,9,11H,7-8,10H2,1H3,(H,20,21,22)/t11-/m1/s1. The van der Waals surface area contributed by atoms with Crippen molar-refractivity contribution in [2.45, 2.75) is 6.10 Å². The molecule has 2 aliphatic heterocycles. The molecule has 1 atom stereocenters. The van der Waals surface area contributed by atoms with E-state index in [0.29, 0.717) is 35.4 Å². The lowest BCUT2D eigenvalue weighted by Crippen LogP contribution is -2.05. The topological polar surface area (TPSA) is 87.3 Å². The van der Waals surface area contributed by atoms with Crippen LogP contribution in [0.1, 0.15) is 0 Å². The minimum atomic E-state index is 0.162. The van der Waals surface area contributed by atoms with Crippen molar-refractivity contribution in [3.8, 4) is 23.0 Å². The quantitative estimate of drug-likeness (QED) is 0.666. The summed E-state index contributed by atoms with van der Waals surface area (Å²) in [7, 11) is 1.60. The molecular weight excluding hydrogens is 350 g/mol. The van der Waals surface area contributed by atoms with Gasteiger partial charge in [0, 0.05) is 11.5 Å². The van der Waals surface area contributed by atoms with Gasteiger partial charge in [-0.3, -0.25) is 0 Å². The molecular formula is C19H17N3O5. The third-order valence-corrected chi connectivity index (χ3v) is 4.40. The van der Waals surface area contributed by atoms with Crippen molar-refractivity contribution in [1.29, 1.82) is 0 Å². The number of nitrogens with zero attached hydrogens (tertiary/aromatic N) is 2. The summed E-state index contributed by atoms with van der Waals surface area (Å²) in [4.78, 5) is 8.74. The maximum absolute atomic E-state index is 5.81. The van der Waals surface area contributed by atoms with E-state index in [0.717, 1.165) is 23.2 Å². The van der Waals surface area contributed by atoms with Crippen LogP contribution in [-0.4, -0.2) is 43.2 Å². The first-order valence-corrected chi connectivity index (χ1v) is 8.54. The van der Waals surface area contributed by atoms with Gasteiger partial charge in [-0.25, -0.2) is 9.97 Å². The van der Waals surface area contributed by atoms with Crippen molar-refractivity contribution in [2.24, 2.45) is 0 Å². The Hall–Kier alpha value is -3.26.